The zero-order chi connectivity index (χ0) is 13.6. The van der Waals surface area contributed by atoms with E-state index in [-0.39, 0.29) is 0 Å². The lowest BCUT2D eigenvalue weighted by Crippen LogP contribution is -2.46. The fourth-order valence-corrected chi connectivity index (χ4v) is 3.50. The van der Waals surface area contributed by atoms with Crippen LogP contribution in [0.15, 0.2) is 36.4 Å². The summed E-state index contributed by atoms with van der Waals surface area (Å²) in [4.78, 5) is 5.33. The van der Waals surface area contributed by atoms with Crippen molar-refractivity contribution in [1.29, 1.82) is 0 Å². The first-order valence-corrected chi connectivity index (χ1v) is 8.10. The summed E-state index contributed by atoms with van der Waals surface area (Å²) in [5.41, 5.74) is 1.31. The van der Waals surface area contributed by atoms with E-state index >= 15 is 0 Å². The Morgan fingerprint density at radius 1 is 1.00 bits per heavy atom. The van der Waals surface area contributed by atoms with Crippen molar-refractivity contribution in [3.05, 3.63) is 42.0 Å². The molecule has 0 N–H and O–H groups in total. The van der Waals surface area contributed by atoms with Gasteiger partial charge >= 0.3 is 0 Å². The predicted octanol–water partition coefficient (Wildman–Crippen LogP) is 3.26. The van der Waals surface area contributed by atoms with E-state index in [2.05, 4.69) is 52.3 Å². The molecule has 1 aromatic carbocycles. The number of benzene rings is 1. The topological polar surface area (TPSA) is 6.48 Å². The fraction of sp³-hybridized carbons (Fsp3) is 0.556. The number of rotatable bonds is 4. The van der Waals surface area contributed by atoms with Gasteiger partial charge in [0.05, 0.1) is 0 Å². The molecule has 2 fully saturated rings. The van der Waals surface area contributed by atoms with Crippen molar-refractivity contribution in [3.8, 4) is 0 Å². The van der Waals surface area contributed by atoms with E-state index in [0.29, 0.717) is 0 Å². The maximum absolute atomic E-state index is 2.72. The number of nitrogens with zero attached hydrogens (tertiary/aromatic N) is 2. The van der Waals surface area contributed by atoms with Crippen LogP contribution in [-0.2, 0) is 0 Å². The molecule has 2 heterocycles. The molecule has 2 nitrogen and oxygen atoms in total. The Morgan fingerprint density at radius 2 is 1.80 bits per heavy atom. The van der Waals surface area contributed by atoms with Crippen LogP contribution >= 0.6 is 0 Å². The van der Waals surface area contributed by atoms with Gasteiger partial charge in [0, 0.05) is 19.1 Å². The van der Waals surface area contributed by atoms with Gasteiger partial charge in [0.1, 0.15) is 0 Å². The number of hydrogen-bond donors (Lipinski definition) is 0. The summed E-state index contributed by atoms with van der Waals surface area (Å²) < 4.78 is 0. The standard InChI is InChI=1S/C18H26N2/c1-2-8-17(9-3-1)10-6-12-19-13-7-11-18(16-19)20-14-4-5-15-20/h1-3,6,8-10,18H,4-5,7,11-16H2/b10-6+/t18-/m0/s1. The van der Waals surface area contributed by atoms with Gasteiger partial charge < -0.3 is 0 Å². The van der Waals surface area contributed by atoms with E-state index in [1.165, 1.54) is 57.4 Å². The molecule has 0 bridgehead atoms. The molecule has 0 aromatic heterocycles. The van der Waals surface area contributed by atoms with Crippen LogP contribution in [0.25, 0.3) is 6.08 Å². The number of likely N-dealkylation sites (tertiary alicyclic amines) is 2. The minimum absolute atomic E-state index is 0.816. The van der Waals surface area contributed by atoms with Crippen molar-refractivity contribution >= 4 is 6.08 Å². The third-order valence-corrected chi connectivity index (χ3v) is 4.61. The Bertz CT molecular complexity index is 420. The van der Waals surface area contributed by atoms with Gasteiger partial charge in [-0.05, 0) is 50.9 Å². The average molecular weight is 270 g/mol. The van der Waals surface area contributed by atoms with Crippen LogP contribution in [0.5, 0.6) is 0 Å². The number of piperidine rings is 1. The van der Waals surface area contributed by atoms with Gasteiger partial charge in [0.15, 0.2) is 0 Å². The predicted molar refractivity (Wildman–Crippen MR) is 85.7 cm³/mol. The molecule has 1 atom stereocenters. The third kappa shape index (κ3) is 3.71. The Labute approximate surface area is 123 Å². The van der Waals surface area contributed by atoms with Crippen LogP contribution < -0.4 is 0 Å². The van der Waals surface area contributed by atoms with Gasteiger partial charge in [0.2, 0.25) is 0 Å². The van der Waals surface area contributed by atoms with Gasteiger partial charge in [-0.25, -0.2) is 0 Å². The smallest absolute Gasteiger partial charge is 0.0223 e. The maximum atomic E-state index is 2.72. The summed E-state index contributed by atoms with van der Waals surface area (Å²) in [5.74, 6) is 0. The van der Waals surface area contributed by atoms with Crippen LogP contribution in [0.1, 0.15) is 31.2 Å². The average Bonchev–Trinajstić information content (AvgIpc) is 3.03. The second-order valence-corrected chi connectivity index (χ2v) is 6.11. The summed E-state index contributed by atoms with van der Waals surface area (Å²) in [6.07, 6.45) is 10.1. The highest BCUT2D eigenvalue weighted by Crippen LogP contribution is 2.20. The molecule has 2 aliphatic heterocycles. The van der Waals surface area contributed by atoms with E-state index in [0.717, 1.165) is 12.6 Å². The first-order valence-electron chi connectivity index (χ1n) is 8.10. The minimum atomic E-state index is 0.816. The summed E-state index contributed by atoms with van der Waals surface area (Å²) in [6.45, 7) is 6.29. The highest BCUT2D eigenvalue weighted by Gasteiger charge is 2.26. The molecule has 20 heavy (non-hydrogen) atoms. The SMILES string of the molecule is C(=C\c1ccccc1)/CN1CCC[C@H](N2CCCC2)C1. The molecule has 3 rings (SSSR count). The van der Waals surface area contributed by atoms with Crippen molar-refractivity contribution in [2.45, 2.75) is 31.7 Å². The maximum Gasteiger partial charge on any atom is 0.0223 e. The summed E-state index contributed by atoms with van der Waals surface area (Å²) in [5, 5.41) is 0. The lowest BCUT2D eigenvalue weighted by atomic mass is 10.0. The fourth-order valence-electron chi connectivity index (χ4n) is 3.50. The quantitative estimate of drug-likeness (QED) is 0.828. The third-order valence-electron chi connectivity index (χ3n) is 4.61. The second-order valence-electron chi connectivity index (χ2n) is 6.11. The monoisotopic (exact) mass is 270 g/mol. The summed E-state index contributed by atoms with van der Waals surface area (Å²) >= 11 is 0. The van der Waals surface area contributed by atoms with Crippen molar-refractivity contribution in [3.63, 3.8) is 0 Å². The minimum Gasteiger partial charge on any atom is -0.299 e. The molecule has 1 aromatic rings. The lowest BCUT2D eigenvalue weighted by molar-refractivity contribution is 0.124. The Kier molecular flexibility index (Phi) is 4.88. The molecule has 2 heteroatoms. The molecule has 0 aliphatic carbocycles. The summed E-state index contributed by atoms with van der Waals surface area (Å²) in [6, 6.07) is 11.4. The molecule has 0 saturated carbocycles. The van der Waals surface area contributed by atoms with Crippen molar-refractivity contribution < 1.29 is 0 Å². The van der Waals surface area contributed by atoms with Gasteiger partial charge in [-0.2, -0.15) is 0 Å². The molecule has 2 aliphatic rings. The van der Waals surface area contributed by atoms with Gasteiger partial charge in [-0.15, -0.1) is 0 Å². The molecule has 0 radical (unpaired) electrons. The van der Waals surface area contributed by atoms with Crippen LogP contribution in [0.4, 0.5) is 0 Å². The van der Waals surface area contributed by atoms with Crippen LogP contribution in [-0.4, -0.2) is 48.6 Å². The number of hydrogen-bond acceptors (Lipinski definition) is 2. The van der Waals surface area contributed by atoms with Gasteiger partial charge in [-0.1, -0.05) is 42.5 Å². The van der Waals surface area contributed by atoms with Gasteiger partial charge in [-0.3, -0.25) is 9.80 Å². The van der Waals surface area contributed by atoms with Crippen LogP contribution in [0.3, 0.4) is 0 Å². The van der Waals surface area contributed by atoms with E-state index < -0.39 is 0 Å². The largest absolute Gasteiger partial charge is 0.299 e. The van der Waals surface area contributed by atoms with E-state index in [1.54, 1.807) is 0 Å². The second kappa shape index (κ2) is 7.05. The molecule has 2 saturated heterocycles. The first kappa shape index (κ1) is 13.8. The molecule has 0 unspecified atom stereocenters. The molecule has 0 amide bonds. The van der Waals surface area contributed by atoms with Crippen LogP contribution in [0, 0.1) is 0 Å². The van der Waals surface area contributed by atoms with E-state index in [1.807, 2.05) is 0 Å². The zero-order valence-electron chi connectivity index (χ0n) is 12.4. The van der Waals surface area contributed by atoms with Crippen molar-refractivity contribution in [2.24, 2.45) is 0 Å². The highest BCUT2D eigenvalue weighted by atomic mass is 15.2. The van der Waals surface area contributed by atoms with E-state index in [9.17, 15) is 0 Å². The Hall–Kier alpha value is -1.12. The normalized spacial score (nSPS) is 25.5. The summed E-state index contributed by atoms with van der Waals surface area (Å²) in [7, 11) is 0. The molecule has 0 spiro atoms. The van der Waals surface area contributed by atoms with Gasteiger partial charge in [0.25, 0.3) is 0 Å². The highest BCUT2D eigenvalue weighted by molar-refractivity contribution is 5.48. The van der Waals surface area contributed by atoms with E-state index in [4.69, 9.17) is 0 Å². The Morgan fingerprint density at radius 3 is 2.60 bits per heavy atom. The van der Waals surface area contributed by atoms with Crippen LogP contribution in [0.2, 0.25) is 0 Å². The molecular weight excluding hydrogens is 244 g/mol. The molecular formula is C18H26N2. The molecule has 108 valence electrons. The lowest BCUT2D eigenvalue weighted by Gasteiger charge is -2.37. The van der Waals surface area contributed by atoms with Crippen molar-refractivity contribution in [1.82, 2.24) is 9.80 Å². The van der Waals surface area contributed by atoms with Crippen molar-refractivity contribution in [2.75, 3.05) is 32.7 Å². The Balaban J connectivity index is 1.49. The zero-order valence-corrected chi connectivity index (χ0v) is 12.4. The first-order chi connectivity index (χ1) is 9.92.